The summed E-state index contributed by atoms with van der Waals surface area (Å²) in [5.41, 5.74) is 0.599. The van der Waals surface area contributed by atoms with Gasteiger partial charge in [-0.25, -0.2) is 4.98 Å². The molecule has 10 heteroatoms. The van der Waals surface area contributed by atoms with E-state index in [4.69, 9.17) is 4.74 Å². The minimum atomic E-state index is -1.08. The highest BCUT2D eigenvalue weighted by atomic mass is 16.5. The van der Waals surface area contributed by atoms with Crippen LogP contribution in [0.4, 0.5) is 11.5 Å². The van der Waals surface area contributed by atoms with Crippen molar-refractivity contribution in [2.24, 2.45) is 0 Å². The fourth-order valence-electron chi connectivity index (χ4n) is 4.91. The SMILES string of the molecule is CCCCCCCCCCCCNC(=O)CCCOc1ccc(NC(NC(=O)CC(C)O)C(=O)N(CC)c2ccccn2)cc1. The highest BCUT2D eigenvalue weighted by Crippen LogP contribution is 2.18. The predicted octanol–water partition coefficient (Wildman–Crippen LogP) is 5.96. The molecule has 0 saturated heterocycles. The van der Waals surface area contributed by atoms with Gasteiger partial charge in [0.05, 0.1) is 19.1 Å². The number of aromatic nitrogens is 1. The molecule has 0 fully saturated rings. The normalized spacial score (nSPS) is 12.2. The van der Waals surface area contributed by atoms with Crippen molar-refractivity contribution in [2.45, 2.75) is 117 Å². The molecule has 0 aliphatic carbocycles. The third-order valence-electron chi connectivity index (χ3n) is 7.38. The number of unbranched alkanes of at least 4 members (excludes halogenated alkanes) is 9. The number of ether oxygens (including phenoxy) is 1. The number of pyridine rings is 1. The molecule has 1 aromatic carbocycles. The number of rotatable bonds is 24. The molecule has 4 N–H and O–H groups in total. The van der Waals surface area contributed by atoms with E-state index in [9.17, 15) is 19.5 Å². The number of nitrogens with one attached hydrogen (secondary N) is 3. The van der Waals surface area contributed by atoms with Crippen LogP contribution < -0.4 is 25.6 Å². The van der Waals surface area contributed by atoms with E-state index in [0.29, 0.717) is 43.2 Å². The molecule has 3 amide bonds. The maximum atomic E-state index is 13.5. The zero-order valence-corrected chi connectivity index (χ0v) is 27.6. The third-order valence-corrected chi connectivity index (χ3v) is 7.38. The van der Waals surface area contributed by atoms with Crippen molar-refractivity contribution in [1.82, 2.24) is 15.6 Å². The van der Waals surface area contributed by atoms with E-state index in [2.05, 4.69) is 27.9 Å². The monoisotopic (exact) mass is 625 g/mol. The summed E-state index contributed by atoms with van der Waals surface area (Å²) in [5, 5.41) is 18.4. The Bertz CT molecular complexity index is 1100. The Hall–Kier alpha value is -3.66. The second-order valence-corrected chi connectivity index (χ2v) is 11.5. The van der Waals surface area contributed by atoms with Gasteiger partial charge < -0.3 is 25.8 Å². The van der Waals surface area contributed by atoms with Gasteiger partial charge in [0.1, 0.15) is 11.6 Å². The molecule has 45 heavy (non-hydrogen) atoms. The van der Waals surface area contributed by atoms with Gasteiger partial charge >= 0.3 is 0 Å². The number of likely N-dealkylation sites (N-methyl/N-ethyl adjacent to an activating group) is 1. The molecule has 0 bridgehead atoms. The number of benzene rings is 1. The molecular formula is C35H55N5O5. The van der Waals surface area contributed by atoms with E-state index in [1.165, 1.54) is 63.2 Å². The number of hydrogen-bond acceptors (Lipinski definition) is 7. The smallest absolute Gasteiger partial charge is 0.271 e. The number of carbonyl (C=O) groups excluding carboxylic acids is 3. The molecule has 0 aliphatic heterocycles. The molecule has 2 unspecified atom stereocenters. The van der Waals surface area contributed by atoms with Crippen LogP contribution in [0.2, 0.25) is 0 Å². The summed E-state index contributed by atoms with van der Waals surface area (Å²) in [4.78, 5) is 43.8. The number of anilines is 2. The second-order valence-electron chi connectivity index (χ2n) is 11.5. The minimum Gasteiger partial charge on any atom is -0.494 e. The van der Waals surface area contributed by atoms with Crippen molar-refractivity contribution in [1.29, 1.82) is 0 Å². The van der Waals surface area contributed by atoms with E-state index >= 15 is 0 Å². The van der Waals surface area contributed by atoms with Gasteiger partial charge in [0.25, 0.3) is 5.91 Å². The van der Waals surface area contributed by atoms with Gasteiger partial charge in [-0.3, -0.25) is 19.3 Å². The lowest BCUT2D eigenvalue weighted by atomic mass is 10.1. The number of aliphatic hydroxyl groups is 1. The Balaban J connectivity index is 1.73. The Labute approximate surface area is 269 Å². The molecule has 250 valence electrons. The summed E-state index contributed by atoms with van der Waals surface area (Å²) < 4.78 is 5.81. The quantitative estimate of drug-likeness (QED) is 0.0836. The Kier molecular flexibility index (Phi) is 19.0. The fourth-order valence-corrected chi connectivity index (χ4v) is 4.91. The first-order valence-corrected chi connectivity index (χ1v) is 16.8. The summed E-state index contributed by atoms with van der Waals surface area (Å²) >= 11 is 0. The zero-order chi connectivity index (χ0) is 32.7. The molecule has 2 rings (SSSR count). The lowest BCUT2D eigenvalue weighted by Crippen LogP contribution is -2.53. The number of amides is 3. The van der Waals surface area contributed by atoms with Crippen LogP contribution in [0.1, 0.15) is 104 Å². The average Bonchev–Trinajstić information content (AvgIpc) is 3.03. The molecule has 0 aliphatic rings. The molecular weight excluding hydrogens is 570 g/mol. The van der Waals surface area contributed by atoms with Gasteiger partial charge in [-0.2, -0.15) is 0 Å². The van der Waals surface area contributed by atoms with Crippen molar-refractivity contribution in [3.05, 3.63) is 48.7 Å². The molecule has 2 atom stereocenters. The van der Waals surface area contributed by atoms with Crippen LogP contribution in [0.5, 0.6) is 5.75 Å². The second kappa shape index (κ2) is 22.8. The Morgan fingerprint density at radius 3 is 2.13 bits per heavy atom. The molecule has 2 aromatic rings. The van der Waals surface area contributed by atoms with Crippen LogP contribution in [0.15, 0.2) is 48.7 Å². The molecule has 0 radical (unpaired) electrons. The molecule has 1 heterocycles. The van der Waals surface area contributed by atoms with E-state index in [0.717, 1.165) is 19.4 Å². The molecule has 10 nitrogen and oxygen atoms in total. The molecule has 1 aromatic heterocycles. The first-order valence-electron chi connectivity index (χ1n) is 16.8. The van der Waals surface area contributed by atoms with Crippen LogP contribution in [-0.2, 0) is 14.4 Å². The number of aliphatic hydroxyl groups excluding tert-OH is 1. The van der Waals surface area contributed by atoms with Crippen molar-refractivity contribution in [3.63, 3.8) is 0 Å². The van der Waals surface area contributed by atoms with Gasteiger partial charge in [-0.15, -0.1) is 0 Å². The van der Waals surface area contributed by atoms with E-state index in [-0.39, 0.29) is 18.2 Å². The van der Waals surface area contributed by atoms with Gasteiger partial charge in [-0.1, -0.05) is 70.8 Å². The van der Waals surface area contributed by atoms with Crippen LogP contribution in [-0.4, -0.2) is 59.8 Å². The lowest BCUT2D eigenvalue weighted by Gasteiger charge is -2.27. The van der Waals surface area contributed by atoms with E-state index in [1.807, 2.05) is 6.92 Å². The highest BCUT2D eigenvalue weighted by molar-refractivity contribution is 5.99. The van der Waals surface area contributed by atoms with Crippen molar-refractivity contribution in [3.8, 4) is 5.75 Å². The van der Waals surface area contributed by atoms with Crippen molar-refractivity contribution in [2.75, 3.05) is 29.9 Å². The maximum Gasteiger partial charge on any atom is 0.271 e. The zero-order valence-electron chi connectivity index (χ0n) is 27.6. The summed E-state index contributed by atoms with van der Waals surface area (Å²) in [5.74, 6) is 0.311. The van der Waals surface area contributed by atoms with Gasteiger partial charge in [0.2, 0.25) is 11.8 Å². The van der Waals surface area contributed by atoms with E-state index in [1.54, 1.807) is 48.7 Å². The summed E-state index contributed by atoms with van der Waals surface area (Å²) in [6.45, 7) is 7.07. The van der Waals surface area contributed by atoms with Crippen LogP contribution in [0.3, 0.4) is 0 Å². The lowest BCUT2D eigenvalue weighted by molar-refractivity contribution is -0.128. The van der Waals surface area contributed by atoms with Gasteiger partial charge in [-0.05, 0) is 63.1 Å². The third kappa shape index (κ3) is 16.3. The van der Waals surface area contributed by atoms with E-state index < -0.39 is 18.2 Å². The number of nitrogens with zero attached hydrogens (tertiary/aromatic N) is 2. The standard InChI is InChI=1S/C35H55N5O5/c1-4-6-7-8-9-10-11-12-13-15-25-37-32(42)19-17-26-45-30-22-20-29(21-23-30)38-34(39-33(43)27-28(3)41)35(44)40(5-2)31-18-14-16-24-36-31/h14,16,18,20-24,28,34,38,41H,4-13,15,17,19,25-27H2,1-3H3,(H,37,42)(H,39,43). The van der Waals surface area contributed by atoms with Crippen LogP contribution in [0, 0.1) is 0 Å². The van der Waals surface area contributed by atoms with Gasteiger partial charge in [0, 0.05) is 31.4 Å². The highest BCUT2D eigenvalue weighted by Gasteiger charge is 2.27. The largest absolute Gasteiger partial charge is 0.494 e. The number of carbonyl (C=O) groups is 3. The van der Waals surface area contributed by atoms with Crippen LogP contribution >= 0.6 is 0 Å². The van der Waals surface area contributed by atoms with Crippen molar-refractivity contribution >= 4 is 29.2 Å². The first kappa shape index (κ1) is 37.5. The first-order chi connectivity index (χ1) is 21.8. The summed E-state index contributed by atoms with van der Waals surface area (Å²) in [6, 6.07) is 12.3. The van der Waals surface area contributed by atoms with Gasteiger partial charge in [0.15, 0.2) is 6.17 Å². The molecule has 0 saturated carbocycles. The predicted molar refractivity (Wildman–Crippen MR) is 180 cm³/mol. The Morgan fingerprint density at radius 1 is 0.867 bits per heavy atom. The minimum absolute atomic E-state index is 0.0502. The summed E-state index contributed by atoms with van der Waals surface area (Å²) in [6.07, 6.45) is 13.3. The topological polar surface area (TPSA) is 133 Å². The van der Waals surface area contributed by atoms with Crippen LogP contribution in [0.25, 0.3) is 0 Å². The fraction of sp³-hybridized carbons (Fsp3) is 0.600. The molecule has 0 spiro atoms. The Morgan fingerprint density at radius 2 is 1.53 bits per heavy atom. The average molecular weight is 626 g/mol. The maximum absolute atomic E-state index is 13.5. The summed E-state index contributed by atoms with van der Waals surface area (Å²) in [7, 11) is 0. The number of hydrogen-bond donors (Lipinski definition) is 4. The van der Waals surface area contributed by atoms with Crippen molar-refractivity contribution < 1.29 is 24.2 Å².